The number of hydrogen-bond donors (Lipinski definition) is 1. The highest BCUT2D eigenvalue weighted by molar-refractivity contribution is 7.54. The Labute approximate surface area is 97.9 Å². The lowest BCUT2D eigenvalue weighted by Gasteiger charge is -2.39. The molecule has 16 heavy (non-hydrogen) atoms. The van der Waals surface area contributed by atoms with Crippen LogP contribution in [0.15, 0.2) is 0 Å². The third kappa shape index (κ3) is 4.17. The van der Waals surface area contributed by atoms with Gasteiger partial charge in [-0.25, -0.2) is 0 Å². The van der Waals surface area contributed by atoms with Gasteiger partial charge in [-0.15, -0.1) is 0 Å². The fourth-order valence-corrected chi connectivity index (χ4v) is 4.37. The Morgan fingerprint density at radius 3 is 1.88 bits per heavy atom. The van der Waals surface area contributed by atoms with E-state index >= 15 is 0 Å². The largest absolute Gasteiger partial charge is 0.389 e. The lowest BCUT2D eigenvalue weighted by atomic mass is 9.82. The van der Waals surface area contributed by atoms with Gasteiger partial charge in [0, 0.05) is 0 Å². The number of rotatable bonds is 6. The highest BCUT2D eigenvalue weighted by atomic mass is 31.2. The quantitative estimate of drug-likeness (QED) is 0.736. The molecule has 0 bridgehead atoms. The second kappa shape index (κ2) is 5.18. The summed E-state index contributed by atoms with van der Waals surface area (Å²) in [5.74, 6) is 0. The molecular formula is C11H23O4P. The summed E-state index contributed by atoms with van der Waals surface area (Å²) in [5, 5.41) is 10.0. The summed E-state index contributed by atoms with van der Waals surface area (Å²) in [7, 11) is -3.17. The van der Waals surface area contributed by atoms with E-state index in [-0.39, 0.29) is 18.4 Å². The minimum Gasteiger partial charge on any atom is -0.389 e. The maximum atomic E-state index is 12.4. The van der Waals surface area contributed by atoms with Crippen LogP contribution >= 0.6 is 7.60 Å². The lowest BCUT2D eigenvalue weighted by molar-refractivity contribution is -0.0189. The number of aliphatic hydroxyl groups is 1. The molecule has 5 heteroatoms. The Morgan fingerprint density at radius 2 is 1.62 bits per heavy atom. The van der Waals surface area contributed by atoms with E-state index in [1.54, 1.807) is 0 Å². The molecule has 1 N–H and O–H groups in total. The van der Waals surface area contributed by atoms with E-state index in [2.05, 4.69) is 0 Å². The van der Waals surface area contributed by atoms with Crippen LogP contribution in [-0.4, -0.2) is 29.1 Å². The molecule has 0 unspecified atom stereocenters. The van der Waals surface area contributed by atoms with Gasteiger partial charge in [0.25, 0.3) is 0 Å². The van der Waals surface area contributed by atoms with Crippen molar-refractivity contribution in [3.05, 3.63) is 0 Å². The SMILES string of the molecule is CC(C)OP(=O)(CC1(O)CCC1)OC(C)C. The standard InChI is InChI=1S/C11H23O4P/c1-9(2)14-16(13,15-10(3)4)8-11(12)6-5-7-11/h9-10,12H,5-8H2,1-4H3. The van der Waals surface area contributed by atoms with Gasteiger partial charge in [0.05, 0.1) is 24.0 Å². The first-order chi connectivity index (χ1) is 7.25. The van der Waals surface area contributed by atoms with E-state index in [9.17, 15) is 9.67 Å². The molecule has 0 radical (unpaired) electrons. The average Bonchev–Trinajstić information content (AvgIpc) is 1.96. The van der Waals surface area contributed by atoms with E-state index in [4.69, 9.17) is 9.05 Å². The third-order valence-corrected chi connectivity index (χ3v) is 4.98. The van der Waals surface area contributed by atoms with Crippen molar-refractivity contribution in [1.82, 2.24) is 0 Å². The Bertz CT molecular complexity index is 257. The molecule has 1 saturated carbocycles. The van der Waals surface area contributed by atoms with Gasteiger partial charge in [-0.05, 0) is 47.0 Å². The van der Waals surface area contributed by atoms with Crippen molar-refractivity contribution in [3.8, 4) is 0 Å². The summed E-state index contributed by atoms with van der Waals surface area (Å²) in [6.45, 7) is 7.28. The van der Waals surface area contributed by atoms with Crippen molar-refractivity contribution < 1.29 is 18.7 Å². The molecule has 1 fully saturated rings. The van der Waals surface area contributed by atoms with Crippen LogP contribution in [0.4, 0.5) is 0 Å². The van der Waals surface area contributed by atoms with E-state index in [0.29, 0.717) is 12.8 Å². The van der Waals surface area contributed by atoms with Crippen molar-refractivity contribution in [2.45, 2.75) is 64.8 Å². The van der Waals surface area contributed by atoms with Gasteiger partial charge in [-0.1, -0.05) is 0 Å². The molecule has 0 spiro atoms. The zero-order valence-corrected chi connectivity index (χ0v) is 11.5. The maximum Gasteiger partial charge on any atom is 0.334 e. The monoisotopic (exact) mass is 250 g/mol. The summed E-state index contributed by atoms with van der Waals surface area (Å²) in [6, 6.07) is 0. The Hall–Kier alpha value is 0.110. The molecule has 0 aliphatic heterocycles. The van der Waals surface area contributed by atoms with Crippen molar-refractivity contribution in [1.29, 1.82) is 0 Å². The van der Waals surface area contributed by atoms with Gasteiger partial charge in [-0.2, -0.15) is 0 Å². The summed E-state index contributed by atoms with van der Waals surface area (Å²) in [4.78, 5) is 0. The van der Waals surface area contributed by atoms with Crippen molar-refractivity contribution in [3.63, 3.8) is 0 Å². The molecule has 0 aromatic heterocycles. The maximum absolute atomic E-state index is 12.4. The van der Waals surface area contributed by atoms with Gasteiger partial charge in [0.15, 0.2) is 0 Å². The fourth-order valence-electron chi connectivity index (χ4n) is 1.85. The van der Waals surface area contributed by atoms with Crippen LogP contribution in [0, 0.1) is 0 Å². The first kappa shape index (κ1) is 14.2. The third-order valence-electron chi connectivity index (χ3n) is 2.52. The van der Waals surface area contributed by atoms with Gasteiger partial charge in [-0.3, -0.25) is 4.57 Å². The Kier molecular flexibility index (Phi) is 4.58. The second-order valence-electron chi connectivity index (χ2n) is 5.16. The van der Waals surface area contributed by atoms with E-state index < -0.39 is 13.2 Å². The zero-order chi connectivity index (χ0) is 12.4. The summed E-state index contributed by atoms with van der Waals surface area (Å²) < 4.78 is 23.2. The van der Waals surface area contributed by atoms with Crippen molar-refractivity contribution in [2.75, 3.05) is 6.16 Å². The molecule has 1 rings (SSSR count). The molecule has 0 saturated heterocycles. The lowest BCUT2D eigenvalue weighted by Crippen LogP contribution is -2.41. The predicted octanol–water partition coefficient (Wildman–Crippen LogP) is 2.94. The predicted molar refractivity (Wildman–Crippen MR) is 63.7 cm³/mol. The molecule has 0 aromatic carbocycles. The van der Waals surface area contributed by atoms with Gasteiger partial charge in [0.1, 0.15) is 0 Å². The first-order valence-corrected chi connectivity index (χ1v) is 7.66. The topological polar surface area (TPSA) is 55.8 Å². The highest BCUT2D eigenvalue weighted by Crippen LogP contribution is 2.55. The molecule has 0 atom stereocenters. The van der Waals surface area contributed by atoms with Gasteiger partial charge < -0.3 is 14.2 Å². The molecule has 4 nitrogen and oxygen atoms in total. The van der Waals surface area contributed by atoms with E-state index in [1.165, 1.54) is 0 Å². The smallest absolute Gasteiger partial charge is 0.334 e. The van der Waals surface area contributed by atoms with Crippen molar-refractivity contribution >= 4 is 7.60 Å². The van der Waals surface area contributed by atoms with Gasteiger partial charge >= 0.3 is 7.60 Å². The average molecular weight is 250 g/mol. The first-order valence-electron chi connectivity index (χ1n) is 5.93. The van der Waals surface area contributed by atoms with Crippen LogP contribution in [0.5, 0.6) is 0 Å². The van der Waals surface area contributed by atoms with Gasteiger partial charge in [0.2, 0.25) is 0 Å². The summed E-state index contributed by atoms with van der Waals surface area (Å²) >= 11 is 0. The van der Waals surface area contributed by atoms with E-state index in [0.717, 1.165) is 6.42 Å². The van der Waals surface area contributed by atoms with Crippen LogP contribution in [0.3, 0.4) is 0 Å². The molecule has 1 aliphatic rings. The van der Waals surface area contributed by atoms with Crippen LogP contribution in [0.1, 0.15) is 47.0 Å². The van der Waals surface area contributed by atoms with E-state index in [1.807, 2.05) is 27.7 Å². The van der Waals surface area contributed by atoms with Crippen LogP contribution in [-0.2, 0) is 13.6 Å². The molecule has 0 amide bonds. The van der Waals surface area contributed by atoms with Crippen LogP contribution in [0.25, 0.3) is 0 Å². The molecule has 1 aliphatic carbocycles. The molecule has 96 valence electrons. The molecular weight excluding hydrogens is 227 g/mol. The van der Waals surface area contributed by atoms with Crippen LogP contribution in [0.2, 0.25) is 0 Å². The fraction of sp³-hybridized carbons (Fsp3) is 1.00. The zero-order valence-electron chi connectivity index (χ0n) is 10.6. The number of hydrogen-bond acceptors (Lipinski definition) is 4. The van der Waals surface area contributed by atoms with Crippen LogP contribution < -0.4 is 0 Å². The van der Waals surface area contributed by atoms with Crippen molar-refractivity contribution in [2.24, 2.45) is 0 Å². The Morgan fingerprint density at radius 1 is 1.19 bits per heavy atom. The summed E-state index contributed by atoms with van der Waals surface area (Å²) in [5.41, 5.74) is -0.834. The minimum absolute atomic E-state index is 0.121. The molecule has 0 heterocycles. The Balaban J connectivity index is 2.66. The minimum atomic E-state index is -3.17. The summed E-state index contributed by atoms with van der Waals surface area (Å²) in [6.07, 6.45) is 2.18. The highest BCUT2D eigenvalue weighted by Gasteiger charge is 2.43. The molecule has 0 aromatic rings. The normalized spacial score (nSPS) is 20.2. The second-order valence-corrected chi connectivity index (χ2v) is 7.11.